The van der Waals surface area contributed by atoms with Gasteiger partial charge < -0.3 is 11.1 Å². The van der Waals surface area contributed by atoms with Gasteiger partial charge in [-0.3, -0.25) is 4.79 Å². The van der Waals surface area contributed by atoms with Gasteiger partial charge in [0.2, 0.25) is 0 Å². The van der Waals surface area contributed by atoms with E-state index in [4.69, 9.17) is 29.6 Å². The summed E-state index contributed by atoms with van der Waals surface area (Å²) in [6.07, 6.45) is 0.581. The second-order valence-corrected chi connectivity index (χ2v) is 4.34. The standard InChI is InChI=1S/C11H12ClFN2OS/c1-2-9(10(14)17)15-11(16)6-3-4-7(12)8(13)5-6/h3-5,9H,2H2,1H3,(H2,14,17)(H,15,16). The average Bonchev–Trinajstić information content (AvgIpc) is 2.28. The predicted octanol–water partition coefficient (Wildman–Crippen LogP) is 2.27. The molecule has 6 heteroatoms. The number of nitrogens with two attached hydrogens (primary N) is 1. The minimum atomic E-state index is -0.636. The Labute approximate surface area is 109 Å². The molecule has 1 unspecified atom stereocenters. The Hall–Kier alpha value is -1.20. The number of hydrogen-bond acceptors (Lipinski definition) is 2. The summed E-state index contributed by atoms with van der Waals surface area (Å²) in [5.41, 5.74) is 5.63. The minimum Gasteiger partial charge on any atom is -0.392 e. The number of rotatable bonds is 4. The third-order valence-corrected chi connectivity index (χ3v) is 2.83. The summed E-state index contributed by atoms with van der Waals surface area (Å²) >= 11 is 10.3. The smallest absolute Gasteiger partial charge is 0.251 e. The van der Waals surface area contributed by atoms with Crippen LogP contribution in [0.5, 0.6) is 0 Å². The zero-order valence-electron chi connectivity index (χ0n) is 9.17. The molecule has 0 saturated heterocycles. The Bertz CT molecular complexity index is 453. The van der Waals surface area contributed by atoms with E-state index in [0.717, 1.165) is 6.07 Å². The monoisotopic (exact) mass is 274 g/mol. The molecule has 92 valence electrons. The number of carbonyl (C=O) groups excluding carboxylic acids is 1. The van der Waals surface area contributed by atoms with Crippen molar-refractivity contribution in [3.8, 4) is 0 Å². The molecule has 0 bridgehead atoms. The van der Waals surface area contributed by atoms with Crippen molar-refractivity contribution in [2.75, 3.05) is 0 Å². The van der Waals surface area contributed by atoms with Gasteiger partial charge in [0.25, 0.3) is 5.91 Å². The van der Waals surface area contributed by atoms with E-state index in [1.54, 1.807) is 0 Å². The maximum absolute atomic E-state index is 13.2. The lowest BCUT2D eigenvalue weighted by Crippen LogP contribution is -2.43. The molecule has 0 aliphatic rings. The number of benzene rings is 1. The first-order chi connectivity index (χ1) is 7.95. The van der Waals surface area contributed by atoms with E-state index in [0.29, 0.717) is 6.42 Å². The number of hydrogen-bond donors (Lipinski definition) is 2. The van der Waals surface area contributed by atoms with Crippen LogP contribution < -0.4 is 11.1 Å². The Kier molecular flexibility index (Phi) is 4.84. The molecule has 0 saturated carbocycles. The summed E-state index contributed by atoms with van der Waals surface area (Å²) in [6, 6.07) is 3.45. The number of carbonyl (C=O) groups is 1. The molecular weight excluding hydrogens is 263 g/mol. The molecule has 3 nitrogen and oxygen atoms in total. The first-order valence-electron chi connectivity index (χ1n) is 5.01. The van der Waals surface area contributed by atoms with Crippen LogP contribution in [-0.4, -0.2) is 16.9 Å². The highest BCUT2D eigenvalue weighted by atomic mass is 35.5. The number of nitrogens with one attached hydrogen (secondary N) is 1. The molecule has 0 aliphatic carbocycles. The molecule has 0 fully saturated rings. The summed E-state index contributed by atoms with van der Waals surface area (Å²) in [7, 11) is 0. The van der Waals surface area contributed by atoms with Crippen molar-refractivity contribution in [3.63, 3.8) is 0 Å². The average molecular weight is 275 g/mol. The Balaban J connectivity index is 2.82. The maximum atomic E-state index is 13.2. The van der Waals surface area contributed by atoms with Gasteiger partial charge in [-0.2, -0.15) is 0 Å². The SMILES string of the molecule is CCC(NC(=O)c1ccc(Cl)c(F)c1)C(N)=S. The van der Waals surface area contributed by atoms with Gasteiger partial charge in [-0.05, 0) is 24.6 Å². The Morgan fingerprint density at radius 2 is 2.29 bits per heavy atom. The fraction of sp³-hybridized carbons (Fsp3) is 0.273. The quantitative estimate of drug-likeness (QED) is 0.828. The van der Waals surface area contributed by atoms with Gasteiger partial charge in [0, 0.05) is 5.56 Å². The molecule has 0 spiro atoms. The first-order valence-corrected chi connectivity index (χ1v) is 5.79. The topological polar surface area (TPSA) is 55.1 Å². The fourth-order valence-electron chi connectivity index (χ4n) is 1.25. The molecule has 1 aromatic rings. The van der Waals surface area contributed by atoms with Crippen molar-refractivity contribution in [2.45, 2.75) is 19.4 Å². The summed E-state index contributed by atoms with van der Waals surface area (Å²) in [5, 5.41) is 2.59. The van der Waals surface area contributed by atoms with Gasteiger partial charge in [-0.15, -0.1) is 0 Å². The zero-order chi connectivity index (χ0) is 13.0. The molecule has 17 heavy (non-hydrogen) atoms. The normalized spacial score (nSPS) is 11.9. The lowest BCUT2D eigenvalue weighted by molar-refractivity contribution is 0.0946. The van der Waals surface area contributed by atoms with E-state index >= 15 is 0 Å². The predicted molar refractivity (Wildman–Crippen MR) is 69.7 cm³/mol. The van der Waals surface area contributed by atoms with Gasteiger partial charge >= 0.3 is 0 Å². The third-order valence-electron chi connectivity index (χ3n) is 2.24. The molecule has 0 aromatic heterocycles. The second-order valence-electron chi connectivity index (χ2n) is 3.47. The highest BCUT2D eigenvalue weighted by molar-refractivity contribution is 7.80. The van der Waals surface area contributed by atoms with E-state index < -0.39 is 17.8 Å². The van der Waals surface area contributed by atoms with E-state index in [9.17, 15) is 9.18 Å². The minimum absolute atomic E-state index is 0.0251. The van der Waals surface area contributed by atoms with Crippen LogP contribution >= 0.6 is 23.8 Å². The van der Waals surface area contributed by atoms with Crippen molar-refractivity contribution in [2.24, 2.45) is 5.73 Å². The lowest BCUT2D eigenvalue weighted by Gasteiger charge is -2.15. The van der Waals surface area contributed by atoms with E-state index in [1.165, 1.54) is 12.1 Å². The van der Waals surface area contributed by atoms with Crippen LogP contribution in [0.4, 0.5) is 4.39 Å². The molecule has 3 N–H and O–H groups in total. The summed E-state index contributed by atoms with van der Waals surface area (Å²) in [6.45, 7) is 1.84. The molecular formula is C11H12ClFN2OS. The van der Waals surface area contributed by atoms with Gasteiger partial charge in [0.15, 0.2) is 0 Å². The Morgan fingerprint density at radius 3 is 2.76 bits per heavy atom. The van der Waals surface area contributed by atoms with Crippen molar-refractivity contribution >= 4 is 34.7 Å². The Morgan fingerprint density at radius 1 is 1.65 bits per heavy atom. The van der Waals surface area contributed by atoms with Gasteiger partial charge in [-0.25, -0.2) is 4.39 Å². The van der Waals surface area contributed by atoms with Crippen LogP contribution in [0.2, 0.25) is 5.02 Å². The van der Waals surface area contributed by atoms with E-state index in [1.807, 2.05) is 6.92 Å². The van der Waals surface area contributed by atoms with Crippen LogP contribution in [0.3, 0.4) is 0 Å². The molecule has 1 atom stereocenters. The third kappa shape index (κ3) is 3.64. The van der Waals surface area contributed by atoms with Crippen LogP contribution in [0.25, 0.3) is 0 Å². The van der Waals surface area contributed by atoms with Crippen LogP contribution in [0.15, 0.2) is 18.2 Å². The fourth-order valence-corrected chi connectivity index (χ4v) is 1.60. The van der Waals surface area contributed by atoms with Gasteiger partial charge in [0.1, 0.15) is 5.82 Å². The number of thiocarbonyl (C=S) groups is 1. The van der Waals surface area contributed by atoms with E-state index in [2.05, 4.69) is 5.32 Å². The molecule has 0 radical (unpaired) electrons. The largest absolute Gasteiger partial charge is 0.392 e. The summed E-state index contributed by atoms with van der Waals surface area (Å²) < 4.78 is 13.2. The molecule has 1 rings (SSSR count). The second kappa shape index (κ2) is 5.93. The maximum Gasteiger partial charge on any atom is 0.251 e. The van der Waals surface area contributed by atoms with Crippen LogP contribution in [0.1, 0.15) is 23.7 Å². The highest BCUT2D eigenvalue weighted by Gasteiger charge is 2.15. The molecule has 0 aliphatic heterocycles. The molecule has 1 aromatic carbocycles. The van der Waals surface area contributed by atoms with Crippen LogP contribution in [-0.2, 0) is 0 Å². The van der Waals surface area contributed by atoms with Gasteiger partial charge in [-0.1, -0.05) is 30.7 Å². The van der Waals surface area contributed by atoms with Crippen molar-refractivity contribution in [1.82, 2.24) is 5.32 Å². The first kappa shape index (κ1) is 13.9. The number of halogens is 2. The van der Waals surface area contributed by atoms with Crippen molar-refractivity contribution in [3.05, 3.63) is 34.6 Å². The van der Waals surface area contributed by atoms with Gasteiger partial charge in [0.05, 0.1) is 16.1 Å². The highest BCUT2D eigenvalue weighted by Crippen LogP contribution is 2.15. The van der Waals surface area contributed by atoms with Crippen molar-refractivity contribution < 1.29 is 9.18 Å². The zero-order valence-corrected chi connectivity index (χ0v) is 10.7. The molecule has 1 amide bonds. The molecule has 0 heterocycles. The van der Waals surface area contributed by atoms with Crippen LogP contribution in [0, 0.1) is 5.82 Å². The van der Waals surface area contributed by atoms with E-state index in [-0.39, 0.29) is 15.6 Å². The van der Waals surface area contributed by atoms with Crippen molar-refractivity contribution in [1.29, 1.82) is 0 Å². The lowest BCUT2D eigenvalue weighted by atomic mass is 10.1. The number of amides is 1. The summed E-state index contributed by atoms with van der Waals surface area (Å²) in [5.74, 6) is -1.07. The summed E-state index contributed by atoms with van der Waals surface area (Å²) in [4.78, 5) is 11.9.